The molecular formula is C17H22N2. The molecule has 0 aliphatic rings. The Hall–Kier alpha value is -1.80. The molecule has 0 saturated heterocycles. The molecule has 0 saturated carbocycles. The van der Waals surface area contributed by atoms with Gasteiger partial charge in [-0.1, -0.05) is 48.0 Å². The Morgan fingerprint density at radius 2 is 1.74 bits per heavy atom. The van der Waals surface area contributed by atoms with Crippen molar-refractivity contribution in [2.75, 3.05) is 18.5 Å². The SMILES string of the molecule is Cc1ccc(N(C)CC(N)c2ccccc2)c(C)c1. The maximum atomic E-state index is 6.27. The molecule has 0 aliphatic carbocycles. The summed E-state index contributed by atoms with van der Waals surface area (Å²) in [6, 6.07) is 16.8. The van der Waals surface area contributed by atoms with Crippen LogP contribution >= 0.6 is 0 Å². The first-order valence-electron chi connectivity index (χ1n) is 6.67. The van der Waals surface area contributed by atoms with E-state index in [9.17, 15) is 0 Å². The summed E-state index contributed by atoms with van der Waals surface area (Å²) in [6.45, 7) is 5.08. The molecular weight excluding hydrogens is 232 g/mol. The molecule has 0 fully saturated rings. The van der Waals surface area contributed by atoms with E-state index in [1.165, 1.54) is 22.4 Å². The molecule has 2 rings (SSSR count). The standard InChI is InChI=1S/C17H22N2/c1-13-9-10-17(14(2)11-13)19(3)12-16(18)15-7-5-4-6-8-15/h4-11,16H,12,18H2,1-3H3. The Kier molecular flexibility index (Phi) is 4.23. The highest BCUT2D eigenvalue weighted by Gasteiger charge is 2.11. The molecule has 2 N–H and O–H groups in total. The number of hydrogen-bond acceptors (Lipinski definition) is 2. The number of hydrogen-bond donors (Lipinski definition) is 1. The van der Waals surface area contributed by atoms with Gasteiger partial charge in [-0.2, -0.15) is 0 Å². The molecule has 100 valence electrons. The van der Waals surface area contributed by atoms with Crippen LogP contribution in [0.2, 0.25) is 0 Å². The highest BCUT2D eigenvalue weighted by atomic mass is 15.1. The third kappa shape index (κ3) is 3.36. The van der Waals surface area contributed by atoms with Crippen molar-refractivity contribution < 1.29 is 0 Å². The minimum Gasteiger partial charge on any atom is -0.372 e. The van der Waals surface area contributed by atoms with E-state index in [1.54, 1.807) is 0 Å². The number of rotatable bonds is 4. The molecule has 0 aromatic heterocycles. The zero-order valence-corrected chi connectivity index (χ0v) is 11.9. The smallest absolute Gasteiger partial charge is 0.0473 e. The average molecular weight is 254 g/mol. The van der Waals surface area contributed by atoms with Gasteiger partial charge in [-0.25, -0.2) is 0 Å². The Morgan fingerprint density at radius 3 is 2.37 bits per heavy atom. The summed E-state index contributed by atoms with van der Waals surface area (Å²) in [5.74, 6) is 0. The molecule has 0 aliphatic heterocycles. The topological polar surface area (TPSA) is 29.3 Å². The monoisotopic (exact) mass is 254 g/mol. The van der Waals surface area contributed by atoms with Crippen molar-refractivity contribution >= 4 is 5.69 Å². The van der Waals surface area contributed by atoms with Crippen LogP contribution < -0.4 is 10.6 Å². The highest BCUT2D eigenvalue weighted by molar-refractivity contribution is 5.54. The van der Waals surface area contributed by atoms with Gasteiger partial charge < -0.3 is 10.6 Å². The Morgan fingerprint density at radius 1 is 1.05 bits per heavy atom. The summed E-state index contributed by atoms with van der Waals surface area (Å²) in [5.41, 5.74) is 11.3. The fourth-order valence-electron chi connectivity index (χ4n) is 2.43. The van der Waals surface area contributed by atoms with Crippen LogP contribution in [0.4, 0.5) is 5.69 Å². The Balaban J connectivity index is 2.10. The van der Waals surface area contributed by atoms with Crippen LogP contribution in [0, 0.1) is 13.8 Å². The fraction of sp³-hybridized carbons (Fsp3) is 0.294. The third-order valence-electron chi connectivity index (χ3n) is 3.46. The number of likely N-dealkylation sites (N-methyl/N-ethyl adjacent to an activating group) is 1. The van der Waals surface area contributed by atoms with E-state index in [0.717, 1.165) is 6.54 Å². The lowest BCUT2D eigenvalue weighted by atomic mass is 10.1. The molecule has 1 atom stereocenters. The first kappa shape index (κ1) is 13.6. The van der Waals surface area contributed by atoms with E-state index in [4.69, 9.17) is 5.73 Å². The number of benzene rings is 2. The van der Waals surface area contributed by atoms with Gasteiger partial charge in [0.2, 0.25) is 0 Å². The Labute approximate surface area is 115 Å². The molecule has 0 bridgehead atoms. The first-order valence-corrected chi connectivity index (χ1v) is 6.67. The van der Waals surface area contributed by atoms with Crippen LogP contribution in [-0.2, 0) is 0 Å². The van der Waals surface area contributed by atoms with Gasteiger partial charge in [0.05, 0.1) is 0 Å². The quantitative estimate of drug-likeness (QED) is 0.905. The fourth-order valence-corrected chi connectivity index (χ4v) is 2.43. The summed E-state index contributed by atoms with van der Waals surface area (Å²) >= 11 is 0. The van der Waals surface area contributed by atoms with Gasteiger partial charge >= 0.3 is 0 Å². The van der Waals surface area contributed by atoms with Crippen LogP contribution in [0.25, 0.3) is 0 Å². The van der Waals surface area contributed by atoms with Gasteiger partial charge in [-0.3, -0.25) is 0 Å². The van der Waals surface area contributed by atoms with Crippen molar-refractivity contribution in [3.8, 4) is 0 Å². The second-order valence-corrected chi connectivity index (χ2v) is 5.19. The summed E-state index contributed by atoms with van der Waals surface area (Å²) in [5, 5.41) is 0. The van der Waals surface area contributed by atoms with Gasteiger partial charge in [-0.05, 0) is 31.0 Å². The first-order chi connectivity index (χ1) is 9.08. The summed E-state index contributed by atoms with van der Waals surface area (Å²) in [6.07, 6.45) is 0. The maximum absolute atomic E-state index is 6.27. The lowest BCUT2D eigenvalue weighted by Crippen LogP contribution is -2.29. The normalized spacial score (nSPS) is 12.2. The molecule has 0 spiro atoms. The van der Waals surface area contributed by atoms with E-state index in [1.807, 2.05) is 18.2 Å². The molecule has 2 nitrogen and oxygen atoms in total. The molecule has 0 amide bonds. The third-order valence-corrected chi connectivity index (χ3v) is 3.46. The van der Waals surface area contributed by atoms with Crippen LogP contribution in [-0.4, -0.2) is 13.6 Å². The number of nitrogens with zero attached hydrogens (tertiary/aromatic N) is 1. The molecule has 0 radical (unpaired) electrons. The van der Waals surface area contributed by atoms with Crippen molar-refractivity contribution in [2.24, 2.45) is 5.73 Å². The van der Waals surface area contributed by atoms with Crippen LogP contribution in [0.5, 0.6) is 0 Å². The molecule has 2 heteroatoms. The molecule has 2 aromatic carbocycles. The minimum atomic E-state index is 0.0342. The lowest BCUT2D eigenvalue weighted by molar-refractivity contribution is 0.702. The maximum Gasteiger partial charge on any atom is 0.0473 e. The highest BCUT2D eigenvalue weighted by Crippen LogP contribution is 2.22. The van der Waals surface area contributed by atoms with Crippen molar-refractivity contribution in [3.05, 3.63) is 65.2 Å². The Bertz CT molecular complexity index is 534. The van der Waals surface area contributed by atoms with E-state index in [-0.39, 0.29) is 6.04 Å². The molecule has 1 unspecified atom stereocenters. The van der Waals surface area contributed by atoms with Gasteiger partial charge in [0.1, 0.15) is 0 Å². The summed E-state index contributed by atoms with van der Waals surface area (Å²) < 4.78 is 0. The lowest BCUT2D eigenvalue weighted by Gasteiger charge is -2.25. The van der Waals surface area contributed by atoms with Gasteiger partial charge in [0.25, 0.3) is 0 Å². The van der Waals surface area contributed by atoms with E-state index in [2.05, 4.69) is 56.1 Å². The van der Waals surface area contributed by atoms with Gasteiger partial charge in [0.15, 0.2) is 0 Å². The van der Waals surface area contributed by atoms with Crippen molar-refractivity contribution in [2.45, 2.75) is 19.9 Å². The number of aryl methyl sites for hydroxylation is 2. The zero-order valence-electron chi connectivity index (χ0n) is 11.9. The van der Waals surface area contributed by atoms with Crippen molar-refractivity contribution in [1.82, 2.24) is 0 Å². The van der Waals surface area contributed by atoms with E-state index < -0.39 is 0 Å². The molecule has 2 aromatic rings. The van der Waals surface area contributed by atoms with Gasteiger partial charge in [-0.15, -0.1) is 0 Å². The van der Waals surface area contributed by atoms with E-state index in [0.29, 0.717) is 0 Å². The summed E-state index contributed by atoms with van der Waals surface area (Å²) in [7, 11) is 2.10. The van der Waals surface area contributed by atoms with Gasteiger partial charge in [0, 0.05) is 25.3 Å². The van der Waals surface area contributed by atoms with Crippen molar-refractivity contribution in [1.29, 1.82) is 0 Å². The van der Waals surface area contributed by atoms with Crippen molar-refractivity contribution in [3.63, 3.8) is 0 Å². The minimum absolute atomic E-state index is 0.0342. The van der Waals surface area contributed by atoms with Crippen LogP contribution in [0.1, 0.15) is 22.7 Å². The second kappa shape index (κ2) is 5.89. The second-order valence-electron chi connectivity index (χ2n) is 5.19. The largest absolute Gasteiger partial charge is 0.372 e. The molecule has 0 heterocycles. The summed E-state index contributed by atoms with van der Waals surface area (Å²) in [4.78, 5) is 2.23. The van der Waals surface area contributed by atoms with E-state index >= 15 is 0 Å². The molecule has 19 heavy (non-hydrogen) atoms. The number of anilines is 1. The zero-order chi connectivity index (χ0) is 13.8. The average Bonchev–Trinajstić information content (AvgIpc) is 2.39. The predicted molar refractivity (Wildman–Crippen MR) is 82.6 cm³/mol. The number of nitrogens with two attached hydrogens (primary N) is 1. The van der Waals surface area contributed by atoms with Crippen LogP contribution in [0.3, 0.4) is 0 Å². The van der Waals surface area contributed by atoms with Crippen LogP contribution in [0.15, 0.2) is 48.5 Å². The predicted octanol–water partition coefficient (Wildman–Crippen LogP) is 3.44.